The van der Waals surface area contributed by atoms with Crippen LogP contribution in [0, 0.1) is 12.8 Å². The third-order valence-electron chi connectivity index (χ3n) is 3.50. The molecule has 0 bridgehead atoms. The molecule has 22 heavy (non-hydrogen) atoms. The van der Waals surface area contributed by atoms with E-state index in [0.717, 1.165) is 23.7 Å². The second kappa shape index (κ2) is 10.1. The highest BCUT2D eigenvalue weighted by Gasteiger charge is 2.03. The van der Waals surface area contributed by atoms with Gasteiger partial charge in [-0.3, -0.25) is 9.97 Å². The summed E-state index contributed by atoms with van der Waals surface area (Å²) in [5.41, 5.74) is 4.53. The fourth-order valence-electron chi connectivity index (χ4n) is 2.33. The summed E-state index contributed by atoms with van der Waals surface area (Å²) < 4.78 is 0. The van der Waals surface area contributed by atoms with Crippen LogP contribution in [0.25, 0.3) is 11.4 Å². The first-order valence-corrected chi connectivity index (χ1v) is 8.53. The van der Waals surface area contributed by atoms with E-state index in [1.54, 1.807) is 0 Å². The molecule has 2 heterocycles. The van der Waals surface area contributed by atoms with Crippen molar-refractivity contribution in [3.63, 3.8) is 0 Å². The van der Waals surface area contributed by atoms with Crippen LogP contribution in [0.2, 0.25) is 0 Å². The Bertz CT molecular complexity index is 547. The number of unbranched alkanes of at least 4 members (excludes halogenated alkanes) is 1. The Morgan fingerprint density at radius 2 is 1.55 bits per heavy atom. The second-order valence-corrected chi connectivity index (χ2v) is 5.91. The van der Waals surface area contributed by atoms with Crippen LogP contribution in [0.5, 0.6) is 0 Å². The zero-order chi connectivity index (χ0) is 16.4. The monoisotopic (exact) mass is 298 g/mol. The SMILES string of the molecule is CC.Cc1ccnc(-c2cc(CCCCC(C)C)ccn2)c1. The minimum atomic E-state index is 0.805. The van der Waals surface area contributed by atoms with E-state index in [1.807, 2.05) is 32.3 Å². The molecule has 2 heteroatoms. The summed E-state index contributed by atoms with van der Waals surface area (Å²) in [6.07, 6.45) is 8.76. The number of aryl methyl sites for hydroxylation is 2. The van der Waals surface area contributed by atoms with Crippen molar-refractivity contribution >= 4 is 0 Å². The molecule has 120 valence electrons. The molecule has 0 N–H and O–H groups in total. The fraction of sp³-hybridized carbons (Fsp3) is 0.500. The predicted octanol–water partition coefficient (Wildman–Crippen LogP) is 5.85. The van der Waals surface area contributed by atoms with Gasteiger partial charge in [0.1, 0.15) is 0 Å². The van der Waals surface area contributed by atoms with Crippen molar-refractivity contribution in [3.05, 3.63) is 47.8 Å². The molecule has 0 aliphatic heterocycles. The van der Waals surface area contributed by atoms with Gasteiger partial charge in [0.2, 0.25) is 0 Å². The van der Waals surface area contributed by atoms with Crippen LogP contribution >= 0.6 is 0 Å². The summed E-state index contributed by atoms with van der Waals surface area (Å²) in [6.45, 7) is 10.7. The maximum absolute atomic E-state index is 4.44. The van der Waals surface area contributed by atoms with Gasteiger partial charge in [0.05, 0.1) is 11.4 Å². The lowest BCUT2D eigenvalue weighted by Crippen LogP contribution is -1.93. The highest BCUT2D eigenvalue weighted by atomic mass is 14.8. The maximum Gasteiger partial charge on any atom is 0.0888 e. The molecule has 0 radical (unpaired) electrons. The molecule has 0 saturated carbocycles. The van der Waals surface area contributed by atoms with Gasteiger partial charge in [0.15, 0.2) is 0 Å². The Morgan fingerprint density at radius 3 is 2.18 bits per heavy atom. The van der Waals surface area contributed by atoms with Gasteiger partial charge in [-0.05, 0) is 61.1 Å². The van der Waals surface area contributed by atoms with E-state index >= 15 is 0 Å². The van der Waals surface area contributed by atoms with Crippen molar-refractivity contribution in [2.45, 2.75) is 60.3 Å². The molecular weight excluding hydrogens is 268 g/mol. The Labute approximate surface area is 136 Å². The summed E-state index contributed by atoms with van der Waals surface area (Å²) in [5, 5.41) is 0. The normalized spacial score (nSPS) is 10.3. The first-order valence-electron chi connectivity index (χ1n) is 8.53. The van der Waals surface area contributed by atoms with Crippen LogP contribution in [-0.2, 0) is 6.42 Å². The third kappa shape index (κ3) is 6.38. The predicted molar refractivity (Wildman–Crippen MR) is 95.9 cm³/mol. The molecule has 0 aliphatic rings. The first-order chi connectivity index (χ1) is 10.6. The summed E-state index contributed by atoms with van der Waals surface area (Å²) in [5.74, 6) is 0.805. The van der Waals surface area contributed by atoms with Crippen LogP contribution in [-0.4, -0.2) is 9.97 Å². The first kappa shape index (κ1) is 18.3. The van der Waals surface area contributed by atoms with E-state index in [2.05, 4.69) is 48.9 Å². The molecule has 2 rings (SSSR count). The Kier molecular flexibility index (Phi) is 8.42. The van der Waals surface area contributed by atoms with Gasteiger partial charge >= 0.3 is 0 Å². The minimum absolute atomic E-state index is 0.805. The summed E-state index contributed by atoms with van der Waals surface area (Å²) in [7, 11) is 0. The van der Waals surface area contributed by atoms with E-state index in [4.69, 9.17) is 0 Å². The molecule has 0 fully saturated rings. The summed E-state index contributed by atoms with van der Waals surface area (Å²) in [4.78, 5) is 8.85. The number of hydrogen-bond donors (Lipinski definition) is 0. The maximum atomic E-state index is 4.44. The fourth-order valence-corrected chi connectivity index (χ4v) is 2.33. The molecule has 0 spiro atoms. The molecule has 0 amide bonds. The smallest absolute Gasteiger partial charge is 0.0888 e. The second-order valence-electron chi connectivity index (χ2n) is 5.91. The van der Waals surface area contributed by atoms with Gasteiger partial charge in [-0.25, -0.2) is 0 Å². The van der Waals surface area contributed by atoms with Crippen molar-refractivity contribution < 1.29 is 0 Å². The average Bonchev–Trinajstić information content (AvgIpc) is 2.54. The summed E-state index contributed by atoms with van der Waals surface area (Å²) >= 11 is 0. The van der Waals surface area contributed by atoms with E-state index < -0.39 is 0 Å². The van der Waals surface area contributed by atoms with Gasteiger partial charge in [0, 0.05) is 12.4 Å². The lowest BCUT2D eigenvalue weighted by atomic mass is 10.0. The topological polar surface area (TPSA) is 25.8 Å². The quantitative estimate of drug-likeness (QED) is 0.625. The molecule has 0 unspecified atom stereocenters. The number of nitrogens with zero attached hydrogens (tertiary/aromatic N) is 2. The van der Waals surface area contributed by atoms with Gasteiger partial charge in [-0.1, -0.05) is 40.5 Å². The molecule has 0 atom stereocenters. The van der Waals surface area contributed by atoms with E-state index in [1.165, 1.54) is 30.4 Å². The molecule has 2 nitrogen and oxygen atoms in total. The highest BCUT2D eigenvalue weighted by molar-refractivity contribution is 5.55. The van der Waals surface area contributed by atoms with Crippen LogP contribution in [0.15, 0.2) is 36.7 Å². The number of pyridine rings is 2. The van der Waals surface area contributed by atoms with Crippen LogP contribution in [0.1, 0.15) is 58.1 Å². The van der Waals surface area contributed by atoms with E-state index in [9.17, 15) is 0 Å². The Morgan fingerprint density at radius 1 is 0.909 bits per heavy atom. The minimum Gasteiger partial charge on any atom is -0.255 e. The number of rotatable bonds is 6. The van der Waals surface area contributed by atoms with Gasteiger partial charge < -0.3 is 0 Å². The zero-order valence-corrected chi connectivity index (χ0v) is 14.8. The Balaban J connectivity index is 0.00000116. The molecule has 2 aromatic heterocycles. The van der Waals surface area contributed by atoms with Crippen molar-refractivity contribution in [2.24, 2.45) is 5.92 Å². The van der Waals surface area contributed by atoms with Crippen LogP contribution in [0.3, 0.4) is 0 Å². The molecule has 0 saturated heterocycles. The standard InChI is InChI=1S/C18H24N2.C2H6/c1-14(2)6-4-5-7-16-9-11-20-18(13-16)17-12-15(3)8-10-19-17;1-2/h8-14H,4-7H2,1-3H3;1-2H3. The van der Waals surface area contributed by atoms with E-state index in [0.29, 0.717) is 0 Å². The number of hydrogen-bond acceptors (Lipinski definition) is 2. The van der Waals surface area contributed by atoms with Crippen molar-refractivity contribution in [3.8, 4) is 11.4 Å². The lowest BCUT2D eigenvalue weighted by molar-refractivity contribution is 0.538. The molecule has 0 aromatic carbocycles. The molecular formula is C20H30N2. The Hall–Kier alpha value is -1.70. The molecule has 2 aromatic rings. The molecule has 0 aliphatic carbocycles. The third-order valence-corrected chi connectivity index (χ3v) is 3.50. The van der Waals surface area contributed by atoms with E-state index in [-0.39, 0.29) is 0 Å². The van der Waals surface area contributed by atoms with Crippen molar-refractivity contribution in [1.29, 1.82) is 0 Å². The van der Waals surface area contributed by atoms with Crippen LogP contribution < -0.4 is 0 Å². The summed E-state index contributed by atoms with van der Waals surface area (Å²) in [6, 6.07) is 8.40. The van der Waals surface area contributed by atoms with Gasteiger partial charge in [-0.15, -0.1) is 0 Å². The zero-order valence-electron chi connectivity index (χ0n) is 14.8. The highest BCUT2D eigenvalue weighted by Crippen LogP contribution is 2.18. The number of aromatic nitrogens is 2. The van der Waals surface area contributed by atoms with Crippen LogP contribution in [0.4, 0.5) is 0 Å². The largest absolute Gasteiger partial charge is 0.255 e. The van der Waals surface area contributed by atoms with Crippen molar-refractivity contribution in [2.75, 3.05) is 0 Å². The average molecular weight is 298 g/mol. The van der Waals surface area contributed by atoms with Crippen molar-refractivity contribution in [1.82, 2.24) is 9.97 Å². The van der Waals surface area contributed by atoms with Gasteiger partial charge in [-0.2, -0.15) is 0 Å². The van der Waals surface area contributed by atoms with Gasteiger partial charge in [0.25, 0.3) is 0 Å². The lowest BCUT2D eigenvalue weighted by Gasteiger charge is -2.06.